The Labute approximate surface area is 148 Å². The van der Waals surface area contributed by atoms with Gasteiger partial charge >= 0.3 is 0 Å². The number of nitrogens with zero attached hydrogens (tertiary/aromatic N) is 1. The second kappa shape index (κ2) is 6.01. The Morgan fingerprint density at radius 2 is 1.68 bits per heavy atom. The molecule has 3 aromatic rings. The Morgan fingerprint density at radius 1 is 0.960 bits per heavy atom. The van der Waals surface area contributed by atoms with Crippen LogP contribution in [0.3, 0.4) is 0 Å². The lowest BCUT2D eigenvalue weighted by Gasteiger charge is -2.32. The number of hydrogen-bond acceptors (Lipinski definition) is 2. The van der Waals surface area contributed by atoms with E-state index in [-0.39, 0.29) is 11.7 Å². The minimum absolute atomic E-state index is 0.155. The molecule has 0 saturated heterocycles. The van der Waals surface area contributed by atoms with Crippen LogP contribution in [-0.2, 0) is 0 Å². The topological polar surface area (TPSA) is 49.2 Å². The highest BCUT2D eigenvalue weighted by atomic mass is 16.3. The van der Waals surface area contributed by atoms with E-state index in [1.54, 1.807) is 6.07 Å². The molecular formula is C22H23N2O+. The number of fused-ring (bicyclic) bond motifs is 1. The van der Waals surface area contributed by atoms with E-state index >= 15 is 0 Å². The van der Waals surface area contributed by atoms with Gasteiger partial charge in [0, 0.05) is 25.8 Å². The lowest BCUT2D eigenvalue weighted by molar-refractivity contribution is -0.757. The summed E-state index contributed by atoms with van der Waals surface area (Å²) < 4.78 is 0. The maximum Gasteiger partial charge on any atom is 0.184 e. The smallest absolute Gasteiger partial charge is 0.184 e. The van der Waals surface area contributed by atoms with Crippen molar-refractivity contribution in [3.63, 3.8) is 0 Å². The van der Waals surface area contributed by atoms with Crippen LogP contribution in [0.4, 0.5) is 0 Å². The van der Waals surface area contributed by atoms with Crippen LogP contribution in [0.2, 0.25) is 0 Å². The van der Waals surface area contributed by atoms with E-state index in [0.717, 1.165) is 17.7 Å². The largest absolute Gasteiger partial charge is 0.507 e. The van der Waals surface area contributed by atoms with Crippen molar-refractivity contribution in [2.75, 3.05) is 0 Å². The van der Waals surface area contributed by atoms with E-state index in [1.165, 1.54) is 16.3 Å². The van der Waals surface area contributed by atoms with Crippen molar-refractivity contribution >= 4 is 16.5 Å². The maximum absolute atomic E-state index is 10.3. The average molecular weight is 331 g/mol. The summed E-state index contributed by atoms with van der Waals surface area (Å²) >= 11 is 0. The van der Waals surface area contributed by atoms with Gasteiger partial charge in [0.2, 0.25) is 0 Å². The number of phenolic OH excluding ortho intramolecular Hbond substituents is 1. The zero-order valence-corrected chi connectivity index (χ0v) is 14.6. The summed E-state index contributed by atoms with van der Waals surface area (Å²) in [5, 5.41) is 15.0. The minimum atomic E-state index is -0.266. The molecular weight excluding hydrogens is 308 g/mol. The molecule has 0 saturated carbocycles. The average Bonchev–Trinajstić information content (AvgIpc) is 2.60. The van der Waals surface area contributed by atoms with E-state index in [1.807, 2.05) is 18.2 Å². The molecule has 1 aliphatic heterocycles. The van der Waals surface area contributed by atoms with Crippen LogP contribution in [0.15, 0.2) is 71.7 Å². The number of aromatic hydroxyl groups is 1. The SMILES string of the molecule is CC1(C)N=C(c2cccc3ccccc23)C[C@H](c2ccccc2O)[NH2+]1. The monoisotopic (exact) mass is 331 g/mol. The van der Waals surface area contributed by atoms with Crippen molar-refractivity contribution in [1.82, 2.24) is 0 Å². The van der Waals surface area contributed by atoms with Gasteiger partial charge in [-0.15, -0.1) is 0 Å². The molecule has 126 valence electrons. The number of aliphatic imine (C=N–C) groups is 1. The summed E-state index contributed by atoms with van der Waals surface area (Å²) in [4.78, 5) is 5.02. The van der Waals surface area contributed by atoms with Crippen molar-refractivity contribution in [3.8, 4) is 5.75 Å². The molecule has 1 aliphatic rings. The van der Waals surface area contributed by atoms with Gasteiger partial charge in [-0.1, -0.05) is 54.6 Å². The highest BCUT2D eigenvalue weighted by Gasteiger charge is 2.35. The molecule has 4 rings (SSSR count). The van der Waals surface area contributed by atoms with Gasteiger partial charge in [-0.3, -0.25) is 0 Å². The lowest BCUT2D eigenvalue weighted by Crippen LogP contribution is -2.96. The number of rotatable bonds is 2. The van der Waals surface area contributed by atoms with Crippen molar-refractivity contribution in [2.45, 2.75) is 32.0 Å². The number of benzene rings is 3. The molecule has 3 heteroatoms. The maximum atomic E-state index is 10.3. The molecule has 3 nitrogen and oxygen atoms in total. The van der Waals surface area contributed by atoms with Crippen LogP contribution < -0.4 is 5.32 Å². The Hall–Kier alpha value is -2.65. The van der Waals surface area contributed by atoms with Crippen LogP contribution in [0.25, 0.3) is 10.8 Å². The van der Waals surface area contributed by atoms with E-state index in [4.69, 9.17) is 4.99 Å². The third-order valence-electron chi connectivity index (χ3n) is 4.88. The second-order valence-corrected chi connectivity index (χ2v) is 7.27. The Morgan fingerprint density at radius 3 is 2.52 bits per heavy atom. The second-order valence-electron chi connectivity index (χ2n) is 7.27. The van der Waals surface area contributed by atoms with Crippen LogP contribution in [0.1, 0.15) is 37.4 Å². The molecule has 0 spiro atoms. The predicted octanol–water partition coefficient (Wildman–Crippen LogP) is 3.78. The Bertz CT molecular complexity index is 954. The molecule has 0 aliphatic carbocycles. The number of quaternary nitrogens is 1. The number of hydrogen-bond donors (Lipinski definition) is 2. The molecule has 1 atom stereocenters. The van der Waals surface area contributed by atoms with Gasteiger partial charge in [0.15, 0.2) is 5.66 Å². The van der Waals surface area contributed by atoms with Gasteiger partial charge in [0.05, 0.1) is 11.3 Å². The number of nitrogens with two attached hydrogens (primary N) is 1. The first-order valence-corrected chi connectivity index (χ1v) is 8.74. The van der Waals surface area contributed by atoms with E-state index < -0.39 is 0 Å². The summed E-state index contributed by atoms with van der Waals surface area (Å²) in [6, 6.07) is 22.6. The molecule has 3 N–H and O–H groups in total. The van der Waals surface area contributed by atoms with Crippen LogP contribution in [-0.4, -0.2) is 16.5 Å². The van der Waals surface area contributed by atoms with E-state index in [2.05, 4.69) is 61.6 Å². The fraction of sp³-hybridized carbons (Fsp3) is 0.227. The normalized spacial score (nSPS) is 19.6. The van der Waals surface area contributed by atoms with Gasteiger partial charge < -0.3 is 10.4 Å². The van der Waals surface area contributed by atoms with Gasteiger partial charge in [-0.05, 0) is 22.9 Å². The lowest BCUT2D eigenvalue weighted by atomic mass is 9.90. The van der Waals surface area contributed by atoms with Crippen molar-refractivity contribution in [2.24, 2.45) is 4.99 Å². The van der Waals surface area contributed by atoms with E-state index in [9.17, 15) is 5.11 Å². The van der Waals surface area contributed by atoms with Crippen LogP contribution in [0, 0.1) is 0 Å². The minimum Gasteiger partial charge on any atom is -0.507 e. The summed E-state index contributed by atoms with van der Waals surface area (Å²) in [5.74, 6) is 0.360. The Balaban J connectivity index is 1.81. The molecule has 1 heterocycles. The van der Waals surface area contributed by atoms with Crippen molar-refractivity contribution < 1.29 is 10.4 Å². The summed E-state index contributed by atoms with van der Waals surface area (Å²) in [5.41, 5.74) is 3.01. The summed E-state index contributed by atoms with van der Waals surface area (Å²) in [6.07, 6.45) is 0.801. The van der Waals surface area contributed by atoms with Crippen LogP contribution in [0.5, 0.6) is 5.75 Å². The molecule has 0 aromatic heterocycles. The first-order valence-electron chi connectivity index (χ1n) is 8.74. The third-order valence-corrected chi connectivity index (χ3v) is 4.88. The molecule has 0 radical (unpaired) electrons. The summed E-state index contributed by atoms with van der Waals surface area (Å²) in [7, 11) is 0. The zero-order chi connectivity index (χ0) is 17.4. The zero-order valence-electron chi connectivity index (χ0n) is 14.6. The molecule has 0 amide bonds. The molecule has 0 fully saturated rings. The molecule has 0 unspecified atom stereocenters. The van der Waals surface area contributed by atoms with Gasteiger partial charge in [0.1, 0.15) is 11.8 Å². The van der Waals surface area contributed by atoms with Gasteiger partial charge in [0.25, 0.3) is 0 Å². The van der Waals surface area contributed by atoms with E-state index in [0.29, 0.717) is 5.75 Å². The molecule has 25 heavy (non-hydrogen) atoms. The summed E-state index contributed by atoms with van der Waals surface area (Å²) in [6.45, 7) is 4.26. The first kappa shape index (κ1) is 15.9. The fourth-order valence-corrected chi connectivity index (χ4v) is 3.84. The van der Waals surface area contributed by atoms with Crippen molar-refractivity contribution in [1.29, 1.82) is 0 Å². The highest BCUT2D eigenvalue weighted by Crippen LogP contribution is 2.30. The van der Waals surface area contributed by atoms with Crippen LogP contribution >= 0.6 is 0 Å². The number of para-hydroxylation sites is 1. The standard InChI is InChI=1S/C22H22N2O/c1-22(2)23-19(14-20(24-22)18-11-5-6-13-21(18)25)17-12-7-9-15-8-3-4-10-16(15)17/h3-13,20,24-25H,14H2,1-2H3/p+1/t20-/m1/s1. The van der Waals surface area contributed by atoms with Gasteiger partial charge in [-0.2, -0.15) is 0 Å². The molecule has 0 bridgehead atoms. The Kier molecular flexibility index (Phi) is 3.81. The predicted molar refractivity (Wildman–Crippen MR) is 102 cm³/mol. The quantitative estimate of drug-likeness (QED) is 0.738. The third kappa shape index (κ3) is 3.03. The fourth-order valence-electron chi connectivity index (χ4n) is 3.84. The molecule has 3 aromatic carbocycles. The highest BCUT2D eigenvalue weighted by molar-refractivity contribution is 6.11. The first-order chi connectivity index (χ1) is 12.0. The van der Waals surface area contributed by atoms with Gasteiger partial charge in [-0.25, -0.2) is 4.99 Å². The van der Waals surface area contributed by atoms with Crippen molar-refractivity contribution in [3.05, 3.63) is 77.9 Å². The number of phenols is 1.